The lowest BCUT2D eigenvalue weighted by Crippen LogP contribution is -2.45. The first-order chi connectivity index (χ1) is 15.7. The molecule has 32 heavy (non-hydrogen) atoms. The highest BCUT2D eigenvalue weighted by atomic mass is 16.6. The lowest BCUT2D eigenvalue weighted by atomic mass is 10.1. The van der Waals surface area contributed by atoms with Crippen LogP contribution in [0.4, 0.5) is 16.2 Å². The van der Waals surface area contributed by atoms with E-state index in [1.165, 1.54) is 4.90 Å². The van der Waals surface area contributed by atoms with Crippen LogP contribution < -0.4 is 19.7 Å². The van der Waals surface area contributed by atoms with Crippen molar-refractivity contribution in [1.82, 2.24) is 0 Å². The van der Waals surface area contributed by atoms with Crippen LogP contribution >= 0.6 is 0 Å². The Bertz CT molecular complexity index is 1150. The van der Waals surface area contributed by atoms with E-state index in [9.17, 15) is 9.59 Å². The van der Waals surface area contributed by atoms with Gasteiger partial charge >= 0.3 is 6.09 Å². The van der Waals surface area contributed by atoms with Crippen LogP contribution in [0.1, 0.15) is 11.1 Å². The standard InChI is InChI=1S/C25H22N2O5/c28-24(26-19-10-11-22-23(15-19)31-13-12-30-22)21-14-18-8-4-5-9-20(18)27(21)25(29)32-16-17-6-2-1-3-7-17/h1-11,15,21H,12-14,16H2,(H,26,28). The Morgan fingerprint density at radius 3 is 2.53 bits per heavy atom. The maximum atomic E-state index is 13.2. The molecule has 0 spiro atoms. The second-order valence-corrected chi connectivity index (χ2v) is 7.61. The van der Waals surface area contributed by atoms with Crippen LogP contribution in [0.2, 0.25) is 0 Å². The number of hydrogen-bond acceptors (Lipinski definition) is 5. The van der Waals surface area contributed by atoms with Gasteiger partial charge in [-0.3, -0.25) is 9.69 Å². The van der Waals surface area contributed by atoms with Crippen molar-refractivity contribution in [3.63, 3.8) is 0 Å². The number of carbonyl (C=O) groups excluding carboxylic acids is 2. The molecule has 1 N–H and O–H groups in total. The first kappa shape index (κ1) is 19.9. The number of amides is 2. The second-order valence-electron chi connectivity index (χ2n) is 7.61. The van der Waals surface area contributed by atoms with Crippen LogP contribution in [0, 0.1) is 0 Å². The highest BCUT2D eigenvalue weighted by Crippen LogP contribution is 2.35. The third-order valence-electron chi connectivity index (χ3n) is 5.49. The van der Waals surface area contributed by atoms with E-state index < -0.39 is 12.1 Å². The number of benzene rings is 3. The summed E-state index contributed by atoms with van der Waals surface area (Å²) in [7, 11) is 0. The van der Waals surface area contributed by atoms with E-state index in [1.807, 2.05) is 54.6 Å². The first-order valence-electron chi connectivity index (χ1n) is 10.5. The number of rotatable bonds is 4. The normalized spacial score (nSPS) is 16.2. The summed E-state index contributed by atoms with van der Waals surface area (Å²) < 4.78 is 16.7. The molecule has 0 aliphatic carbocycles. The van der Waals surface area contributed by atoms with Gasteiger partial charge in [0, 0.05) is 18.2 Å². The minimum Gasteiger partial charge on any atom is -0.486 e. The van der Waals surface area contributed by atoms with Gasteiger partial charge in [-0.1, -0.05) is 48.5 Å². The first-order valence-corrected chi connectivity index (χ1v) is 10.5. The average Bonchev–Trinajstić information content (AvgIpc) is 3.23. The van der Waals surface area contributed by atoms with Gasteiger partial charge < -0.3 is 19.5 Å². The largest absolute Gasteiger partial charge is 0.486 e. The van der Waals surface area contributed by atoms with Gasteiger partial charge in [0.25, 0.3) is 0 Å². The molecule has 3 aromatic rings. The molecule has 0 saturated carbocycles. The predicted molar refractivity (Wildman–Crippen MR) is 119 cm³/mol. The van der Waals surface area contributed by atoms with Crippen LogP contribution in [-0.2, 0) is 22.6 Å². The molecule has 2 heterocycles. The molecular weight excluding hydrogens is 408 g/mol. The Morgan fingerprint density at radius 1 is 0.938 bits per heavy atom. The molecule has 0 bridgehead atoms. The molecule has 1 unspecified atom stereocenters. The van der Waals surface area contributed by atoms with Crippen molar-refractivity contribution in [3.8, 4) is 11.5 Å². The minimum atomic E-state index is -0.719. The van der Waals surface area contributed by atoms with Gasteiger partial charge in [-0.05, 0) is 29.3 Å². The average molecular weight is 430 g/mol. The highest BCUT2D eigenvalue weighted by molar-refractivity contribution is 6.05. The minimum absolute atomic E-state index is 0.134. The fraction of sp³-hybridized carbons (Fsp3) is 0.200. The number of carbonyl (C=O) groups is 2. The Morgan fingerprint density at radius 2 is 1.69 bits per heavy atom. The molecular formula is C25H22N2O5. The third-order valence-corrected chi connectivity index (χ3v) is 5.49. The summed E-state index contributed by atoms with van der Waals surface area (Å²) in [5, 5.41) is 2.90. The van der Waals surface area contributed by atoms with Crippen molar-refractivity contribution in [2.45, 2.75) is 19.1 Å². The molecule has 7 nitrogen and oxygen atoms in total. The Balaban J connectivity index is 1.34. The van der Waals surface area contributed by atoms with Crippen LogP contribution in [0.3, 0.4) is 0 Å². The van der Waals surface area contributed by atoms with Gasteiger partial charge in [0.1, 0.15) is 25.9 Å². The summed E-state index contributed by atoms with van der Waals surface area (Å²) in [6.45, 7) is 1.09. The van der Waals surface area contributed by atoms with E-state index in [0.717, 1.165) is 11.1 Å². The van der Waals surface area contributed by atoms with E-state index in [0.29, 0.717) is 42.5 Å². The van der Waals surface area contributed by atoms with E-state index >= 15 is 0 Å². The zero-order chi connectivity index (χ0) is 21.9. The summed E-state index contributed by atoms with van der Waals surface area (Å²) in [6.07, 6.45) is -0.145. The molecule has 0 radical (unpaired) electrons. The second kappa shape index (κ2) is 8.63. The van der Waals surface area contributed by atoms with Gasteiger partial charge in [-0.15, -0.1) is 0 Å². The number of hydrogen-bond donors (Lipinski definition) is 1. The molecule has 7 heteroatoms. The van der Waals surface area contributed by atoms with Gasteiger partial charge in [0.05, 0.1) is 5.69 Å². The molecule has 5 rings (SSSR count). The van der Waals surface area contributed by atoms with Gasteiger partial charge in [0.15, 0.2) is 11.5 Å². The summed E-state index contributed by atoms with van der Waals surface area (Å²) >= 11 is 0. The molecule has 2 amide bonds. The van der Waals surface area contributed by atoms with Gasteiger partial charge in [-0.25, -0.2) is 4.79 Å². The predicted octanol–water partition coefficient (Wildman–Crippen LogP) is 4.16. The highest BCUT2D eigenvalue weighted by Gasteiger charge is 2.39. The SMILES string of the molecule is O=C(Nc1ccc2c(c1)OCCO2)C1Cc2ccccc2N1C(=O)OCc1ccccc1. The molecule has 2 aliphatic rings. The number of nitrogens with one attached hydrogen (secondary N) is 1. The van der Waals surface area contributed by atoms with Crippen molar-refractivity contribution in [3.05, 3.63) is 83.9 Å². The molecule has 0 aromatic heterocycles. The van der Waals surface area contributed by atoms with E-state index in [-0.39, 0.29) is 12.5 Å². The molecule has 0 saturated heterocycles. The molecule has 2 aliphatic heterocycles. The molecule has 1 atom stereocenters. The summed E-state index contributed by atoms with van der Waals surface area (Å²) in [4.78, 5) is 27.7. The lowest BCUT2D eigenvalue weighted by Gasteiger charge is -2.24. The van der Waals surface area contributed by atoms with Gasteiger partial charge in [0.2, 0.25) is 5.91 Å². The van der Waals surface area contributed by atoms with Crippen molar-refractivity contribution < 1.29 is 23.8 Å². The maximum Gasteiger partial charge on any atom is 0.415 e. The topological polar surface area (TPSA) is 77.1 Å². The van der Waals surface area contributed by atoms with Crippen LogP contribution in [0.15, 0.2) is 72.8 Å². The molecule has 0 fully saturated rings. The smallest absolute Gasteiger partial charge is 0.415 e. The number of anilines is 2. The quantitative estimate of drug-likeness (QED) is 0.673. The van der Waals surface area contributed by atoms with E-state index in [4.69, 9.17) is 14.2 Å². The Kier molecular flexibility index (Phi) is 5.37. The third kappa shape index (κ3) is 3.97. The van der Waals surface area contributed by atoms with Crippen molar-refractivity contribution in [2.24, 2.45) is 0 Å². The number of fused-ring (bicyclic) bond motifs is 2. The maximum absolute atomic E-state index is 13.2. The van der Waals surface area contributed by atoms with Crippen molar-refractivity contribution in [2.75, 3.05) is 23.4 Å². The van der Waals surface area contributed by atoms with Gasteiger partial charge in [-0.2, -0.15) is 0 Å². The van der Waals surface area contributed by atoms with E-state index in [2.05, 4.69) is 5.32 Å². The molecule has 162 valence electrons. The van der Waals surface area contributed by atoms with E-state index in [1.54, 1.807) is 18.2 Å². The zero-order valence-corrected chi connectivity index (χ0v) is 17.3. The fourth-order valence-corrected chi connectivity index (χ4v) is 3.96. The summed E-state index contributed by atoms with van der Waals surface area (Å²) in [5.41, 5.74) is 3.07. The van der Waals surface area contributed by atoms with Crippen LogP contribution in [0.25, 0.3) is 0 Å². The lowest BCUT2D eigenvalue weighted by molar-refractivity contribution is -0.117. The summed E-state index contributed by atoms with van der Waals surface area (Å²) in [5.74, 6) is 0.936. The molecule has 3 aromatic carbocycles. The number of ether oxygens (including phenoxy) is 3. The van der Waals surface area contributed by atoms with Crippen molar-refractivity contribution in [1.29, 1.82) is 0 Å². The number of para-hydroxylation sites is 1. The van der Waals surface area contributed by atoms with Crippen LogP contribution in [0.5, 0.6) is 11.5 Å². The van der Waals surface area contributed by atoms with Crippen molar-refractivity contribution >= 4 is 23.4 Å². The van der Waals surface area contributed by atoms with Crippen LogP contribution in [-0.4, -0.2) is 31.3 Å². The Labute approximate surface area is 185 Å². The Hall–Kier alpha value is -4.00. The number of nitrogens with zero attached hydrogens (tertiary/aromatic N) is 1. The zero-order valence-electron chi connectivity index (χ0n) is 17.3. The fourth-order valence-electron chi connectivity index (χ4n) is 3.96. The summed E-state index contributed by atoms with van der Waals surface area (Å²) in [6, 6.07) is 21.5. The monoisotopic (exact) mass is 430 g/mol.